The highest BCUT2D eigenvalue weighted by molar-refractivity contribution is 7.60. The lowest BCUT2D eigenvalue weighted by atomic mass is 10.2. The van der Waals surface area contributed by atoms with Crippen molar-refractivity contribution in [3.05, 3.63) is 41.7 Å². The Labute approximate surface area is 145 Å². The van der Waals surface area contributed by atoms with Crippen molar-refractivity contribution in [2.45, 2.75) is 26.2 Å². The molecule has 0 aromatic heterocycles. The zero-order valence-corrected chi connectivity index (χ0v) is 17.8. The quantitative estimate of drug-likeness (QED) is 0.314. The van der Waals surface area contributed by atoms with Crippen LogP contribution in [0.25, 0.3) is 6.08 Å². The first-order valence-corrected chi connectivity index (χ1v) is 15.9. The average molecular weight is 397 g/mol. The Hall–Kier alpha value is 0.124. The fourth-order valence-corrected chi connectivity index (χ4v) is 9.66. The van der Waals surface area contributed by atoms with Crippen molar-refractivity contribution in [1.29, 1.82) is 0 Å². The summed E-state index contributed by atoms with van der Waals surface area (Å²) in [6, 6.07) is 9.61. The minimum atomic E-state index is -3.39. The van der Waals surface area contributed by atoms with Gasteiger partial charge in [-0.05, 0) is 37.8 Å². The van der Waals surface area contributed by atoms with E-state index < -0.39 is 24.2 Å². The SMILES string of the molecule is C[Si](C)(CCl)OP(=O)(C=Cc1ccccc1)O[Si](C)(C)CCl. The van der Waals surface area contributed by atoms with E-state index in [-0.39, 0.29) is 0 Å². The van der Waals surface area contributed by atoms with Crippen LogP contribution in [0.4, 0.5) is 0 Å². The van der Waals surface area contributed by atoms with E-state index in [0.717, 1.165) is 5.56 Å². The molecule has 0 atom stereocenters. The lowest BCUT2D eigenvalue weighted by molar-refractivity contribution is 0.395. The van der Waals surface area contributed by atoms with Crippen LogP contribution in [-0.2, 0) is 13.0 Å². The Bertz CT molecular complexity index is 528. The number of hydrogen-bond acceptors (Lipinski definition) is 3. The monoisotopic (exact) mass is 396 g/mol. The van der Waals surface area contributed by atoms with Crippen LogP contribution >= 0.6 is 30.8 Å². The maximum absolute atomic E-state index is 13.2. The van der Waals surface area contributed by atoms with Gasteiger partial charge in [0, 0.05) is 16.8 Å². The van der Waals surface area contributed by atoms with E-state index in [2.05, 4.69) is 0 Å². The van der Waals surface area contributed by atoms with Crippen LogP contribution in [0.2, 0.25) is 26.2 Å². The molecule has 0 unspecified atom stereocenters. The van der Waals surface area contributed by atoms with Crippen molar-refractivity contribution < 1.29 is 13.0 Å². The first-order valence-electron chi connectivity index (χ1n) is 6.99. The topological polar surface area (TPSA) is 35.5 Å². The van der Waals surface area contributed by atoms with Gasteiger partial charge in [0.25, 0.3) is 0 Å². The average Bonchev–Trinajstić information content (AvgIpc) is 2.45. The van der Waals surface area contributed by atoms with Gasteiger partial charge in [0.05, 0.1) is 0 Å². The van der Waals surface area contributed by atoms with Crippen molar-refractivity contribution in [3.8, 4) is 0 Å². The summed E-state index contributed by atoms with van der Waals surface area (Å²) in [5.74, 6) is 1.53. The molecule has 0 heterocycles. The van der Waals surface area contributed by atoms with Gasteiger partial charge in [0.15, 0.2) is 0 Å². The first-order chi connectivity index (χ1) is 10.1. The molecule has 0 radical (unpaired) electrons. The number of hydrogen-bond donors (Lipinski definition) is 0. The van der Waals surface area contributed by atoms with Crippen molar-refractivity contribution in [2.24, 2.45) is 0 Å². The van der Waals surface area contributed by atoms with E-state index in [9.17, 15) is 4.57 Å². The highest BCUT2D eigenvalue weighted by atomic mass is 35.5. The summed E-state index contributed by atoms with van der Waals surface area (Å²) in [6.45, 7) is 7.67. The fraction of sp³-hybridized carbons (Fsp3) is 0.429. The van der Waals surface area contributed by atoms with Crippen LogP contribution < -0.4 is 0 Å². The van der Waals surface area contributed by atoms with Gasteiger partial charge >= 0.3 is 7.60 Å². The van der Waals surface area contributed by atoms with Crippen LogP contribution in [0.5, 0.6) is 0 Å². The normalized spacial score (nSPS) is 13.7. The molecule has 0 fully saturated rings. The third-order valence-electron chi connectivity index (χ3n) is 2.64. The summed E-state index contributed by atoms with van der Waals surface area (Å²) in [6.07, 6.45) is 1.76. The summed E-state index contributed by atoms with van der Waals surface area (Å²) in [5.41, 5.74) is 1.63. The van der Waals surface area contributed by atoms with Crippen molar-refractivity contribution in [3.63, 3.8) is 0 Å². The smallest absolute Gasteiger partial charge is 0.335 e. The molecule has 124 valence electrons. The minimum absolute atomic E-state index is 0.350. The highest BCUT2D eigenvalue weighted by Crippen LogP contribution is 2.55. The van der Waals surface area contributed by atoms with Crippen molar-refractivity contribution in [2.75, 3.05) is 11.0 Å². The molecule has 0 aliphatic rings. The lowest BCUT2D eigenvalue weighted by Crippen LogP contribution is -2.36. The number of rotatable bonds is 8. The molecule has 0 amide bonds. The molecule has 0 aliphatic carbocycles. The van der Waals surface area contributed by atoms with Crippen LogP contribution in [0.3, 0.4) is 0 Å². The maximum Gasteiger partial charge on any atom is 0.335 e. The fourth-order valence-electron chi connectivity index (χ4n) is 1.56. The Morgan fingerprint density at radius 1 is 1.00 bits per heavy atom. The molecule has 22 heavy (non-hydrogen) atoms. The molecule has 0 saturated heterocycles. The molecular formula is C14H23Cl2O3PSi2. The van der Waals surface area contributed by atoms with Gasteiger partial charge in [-0.1, -0.05) is 30.3 Å². The second-order valence-electron chi connectivity index (χ2n) is 6.24. The Morgan fingerprint density at radius 3 is 1.86 bits per heavy atom. The summed E-state index contributed by atoms with van der Waals surface area (Å²) in [4.78, 5) is 0. The van der Waals surface area contributed by atoms with E-state index in [1.165, 1.54) is 5.82 Å². The molecule has 1 rings (SSSR count). The molecule has 0 aliphatic heterocycles. The zero-order valence-electron chi connectivity index (χ0n) is 13.4. The third-order valence-corrected chi connectivity index (χ3v) is 14.3. The highest BCUT2D eigenvalue weighted by Gasteiger charge is 2.38. The summed E-state index contributed by atoms with van der Waals surface area (Å²) >= 11 is 11.9. The van der Waals surface area contributed by atoms with Crippen LogP contribution in [0, 0.1) is 0 Å². The summed E-state index contributed by atoms with van der Waals surface area (Å²) in [7, 11) is -7.90. The van der Waals surface area contributed by atoms with Crippen LogP contribution in [-0.4, -0.2) is 27.6 Å². The number of halogens is 2. The largest absolute Gasteiger partial charge is 0.347 e. The Morgan fingerprint density at radius 2 is 1.45 bits per heavy atom. The molecule has 8 heteroatoms. The van der Waals surface area contributed by atoms with E-state index in [0.29, 0.717) is 11.0 Å². The predicted molar refractivity (Wildman–Crippen MR) is 102 cm³/mol. The Kier molecular flexibility index (Phi) is 7.60. The molecule has 1 aromatic rings. The van der Waals surface area contributed by atoms with Gasteiger partial charge in [-0.25, -0.2) is 0 Å². The minimum Gasteiger partial charge on any atom is -0.347 e. The zero-order chi connectivity index (χ0) is 16.9. The lowest BCUT2D eigenvalue weighted by Gasteiger charge is -2.30. The van der Waals surface area contributed by atoms with Gasteiger partial charge in [0.1, 0.15) is 0 Å². The van der Waals surface area contributed by atoms with Crippen molar-refractivity contribution >= 4 is 53.5 Å². The predicted octanol–water partition coefficient (Wildman–Crippen LogP) is 5.85. The van der Waals surface area contributed by atoms with E-state index >= 15 is 0 Å². The van der Waals surface area contributed by atoms with Gasteiger partial charge in [0.2, 0.25) is 16.6 Å². The molecular weight excluding hydrogens is 374 g/mol. The summed E-state index contributed by atoms with van der Waals surface area (Å²) < 4.78 is 24.9. The van der Waals surface area contributed by atoms with Gasteiger partial charge in [-0.2, -0.15) is 0 Å². The van der Waals surface area contributed by atoms with Crippen LogP contribution in [0.15, 0.2) is 36.1 Å². The van der Waals surface area contributed by atoms with Gasteiger partial charge in [-0.3, -0.25) is 4.57 Å². The third kappa shape index (κ3) is 7.13. The van der Waals surface area contributed by atoms with Gasteiger partial charge in [-0.15, -0.1) is 23.2 Å². The standard InChI is InChI=1S/C14H23Cl2O3PSi2/c1-21(2,12-15)18-20(17,19-22(3,4)13-16)11-10-14-8-6-5-7-9-14/h5-11H,12-13H2,1-4H3. The second-order valence-corrected chi connectivity index (χ2v) is 18.3. The van der Waals surface area contributed by atoms with E-state index in [4.69, 9.17) is 31.6 Å². The number of benzene rings is 1. The first kappa shape index (κ1) is 20.2. The van der Waals surface area contributed by atoms with E-state index in [1.54, 1.807) is 6.08 Å². The summed E-state index contributed by atoms with van der Waals surface area (Å²) in [5, 5.41) is 0. The molecule has 1 aromatic carbocycles. The number of alkyl halides is 2. The van der Waals surface area contributed by atoms with E-state index in [1.807, 2.05) is 56.5 Å². The Balaban J connectivity index is 3.05. The molecule has 3 nitrogen and oxygen atoms in total. The maximum atomic E-state index is 13.2. The van der Waals surface area contributed by atoms with Crippen molar-refractivity contribution in [1.82, 2.24) is 0 Å². The van der Waals surface area contributed by atoms with Crippen LogP contribution in [0.1, 0.15) is 5.56 Å². The molecule has 0 saturated carbocycles. The second kappa shape index (κ2) is 8.29. The molecule has 0 N–H and O–H groups in total. The molecule has 0 spiro atoms. The van der Waals surface area contributed by atoms with Gasteiger partial charge < -0.3 is 8.43 Å². The molecule has 0 bridgehead atoms.